The molecule has 0 unspecified atom stereocenters. The largest absolute Gasteiger partial charge is 0.210 e. The molecule has 0 heterocycles. The second-order valence-corrected chi connectivity index (χ2v) is 59.8. The predicted octanol–water partition coefficient (Wildman–Crippen LogP) is 4.94. The average molecular weight is 591 g/mol. The summed E-state index contributed by atoms with van der Waals surface area (Å²) in [6.45, 7) is 0. The summed E-state index contributed by atoms with van der Waals surface area (Å²) in [7, 11) is -0.633. The first-order chi connectivity index (χ1) is 6.20. The quantitative estimate of drug-likeness (QED) is 0.297. The van der Waals surface area contributed by atoms with Crippen LogP contribution in [-0.2, 0) is 22.0 Å². The Bertz CT molecular complexity index is 222. The Labute approximate surface area is 116 Å². The van der Waals surface area contributed by atoms with Crippen LogP contribution in [0, 0.1) is 0 Å². The van der Waals surface area contributed by atoms with Crippen LogP contribution in [0.3, 0.4) is 0 Å². The molecule has 13 heavy (non-hydrogen) atoms. The zero-order valence-corrected chi connectivity index (χ0v) is 16.1. The molecule has 0 fully saturated rings. The van der Waals surface area contributed by atoms with Gasteiger partial charge in [0, 0.05) is 0 Å². The van der Waals surface area contributed by atoms with Crippen molar-refractivity contribution in [3.05, 3.63) is 29.3 Å². The molecular formula is C9H11I3Zr-. The fourth-order valence-corrected chi connectivity index (χ4v) is 1.61. The molecule has 0 radical (unpaired) electrons. The number of hydrogen-bond acceptors (Lipinski definition) is 0. The maximum atomic E-state index is 2.51. The summed E-state index contributed by atoms with van der Waals surface area (Å²) >= 11 is 7.54. The fraction of sp³-hybridized carbons (Fsp3) is 0.444. The zero-order chi connectivity index (χ0) is 9.68. The molecular weight excluding hydrogens is 580 g/mol. The smallest absolute Gasteiger partial charge is 0.0512 e. The second-order valence-electron chi connectivity index (χ2n) is 3.00. The van der Waals surface area contributed by atoms with Gasteiger partial charge in [0.2, 0.25) is 0 Å². The molecule has 0 bridgehead atoms. The van der Waals surface area contributed by atoms with Crippen molar-refractivity contribution < 1.29 is 9.18 Å². The van der Waals surface area contributed by atoms with Crippen molar-refractivity contribution in [3.8, 4) is 0 Å². The standard InChI is InChI=1S/C9H11.3HI.Zr/c1-2-5-9-7-3-6-8(9)4-1;;;;/h3,6-7H,1-2,4-5H2;3*1H;/q-1;;;;+3/p-3. The van der Waals surface area contributed by atoms with Gasteiger partial charge in [0.15, 0.2) is 0 Å². The van der Waals surface area contributed by atoms with Crippen molar-refractivity contribution in [2.75, 3.05) is 0 Å². The zero-order valence-electron chi connectivity index (χ0n) is 7.19. The van der Waals surface area contributed by atoms with Crippen LogP contribution in [0.2, 0.25) is 0 Å². The predicted molar refractivity (Wildman–Crippen MR) is 80.7 cm³/mol. The summed E-state index contributed by atoms with van der Waals surface area (Å²) in [5.74, 6) is 0. The molecule has 1 aliphatic carbocycles. The van der Waals surface area contributed by atoms with E-state index >= 15 is 0 Å². The van der Waals surface area contributed by atoms with Gasteiger partial charge in [-0.2, -0.15) is 23.3 Å². The Morgan fingerprint density at radius 1 is 1.15 bits per heavy atom. The molecule has 0 saturated heterocycles. The van der Waals surface area contributed by atoms with E-state index in [1.54, 1.807) is 11.1 Å². The van der Waals surface area contributed by atoms with Crippen LogP contribution in [0.4, 0.5) is 0 Å². The van der Waals surface area contributed by atoms with Crippen molar-refractivity contribution >= 4 is 54.1 Å². The van der Waals surface area contributed by atoms with Gasteiger partial charge in [-0.25, -0.2) is 6.07 Å². The van der Waals surface area contributed by atoms with E-state index in [-0.39, 0.29) is 0 Å². The Morgan fingerprint density at radius 2 is 1.77 bits per heavy atom. The van der Waals surface area contributed by atoms with Gasteiger partial charge in [0.25, 0.3) is 0 Å². The van der Waals surface area contributed by atoms with Crippen LogP contribution in [0.15, 0.2) is 18.2 Å². The third-order valence-corrected chi connectivity index (χ3v) is 2.15. The molecule has 0 aliphatic heterocycles. The van der Waals surface area contributed by atoms with Crippen molar-refractivity contribution in [2.24, 2.45) is 0 Å². The molecule has 1 aliphatic rings. The SMILES string of the molecule is [I][Zr]([I])[I].c1cc2c([cH-]1)CCCC2. The third kappa shape index (κ3) is 5.90. The van der Waals surface area contributed by atoms with E-state index in [9.17, 15) is 0 Å². The van der Waals surface area contributed by atoms with Gasteiger partial charge in [0.05, 0.1) is 0 Å². The Balaban J connectivity index is 0.000000184. The molecule has 1 aromatic rings. The van der Waals surface area contributed by atoms with Gasteiger partial charge in [-0.15, -0.1) is 0 Å². The van der Waals surface area contributed by atoms with E-state index in [1.165, 1.54) is 25.7 Å². The van der Waals surface area contributed by atoms with Crippen LogP contribution in [-0.4, -0.2) is 0 Å². The molecule has 0 aromatic heterocycles. The minimum Gasteiger partial charge on any atom is -0.210 e. The normalized spacial score (nSPS) is 14.1. The van der Waals surface area contributed by atoms with Gasteiger partial charge in [-0.1, -0.05) is 25.7 Å². The first-order valence-electron chi connectivity index (χ1n) is 4.27. The van der Waals surface area contributed by atoms with Crippen molar-refractivity contribution in [1.82, 2.24) is 0 Å². The monoisotopic (exact) mass is 590 g/mol. The maximum Gasteiger partial charge on any atom is -0.0512 e. The molecule has 0 atom stereocenters. The maximum absolute atomic E-state index is 2.51. The molecule has 0 saturated carbocycles. The summed E-state index contributed by atoms with van der Waals surface area (Å²) in [5, 5.41) is 0. The van der Waals surface area contributed by atoms with Crippen LogP contribution in [0.25, 0.3) is 0 Å². The van der Waals surface area contributed by atoms with Crippen molar-refractivity contribution in [3.63, 3.8) is 0 Å². The van der Waals surface area contributed by atoms with E-state index in [1.807, 2.05) is 0 Å². The number of rotatable bonds is 0. The van der Waals surface area contributed by atoms with Gasteiger partial charge in [0.1, 0.15) is 0 Å². The summed E-state index contributed by atoms with van der Waals surface area (Å²) in [6, 6.07) is 6.69. The molecule has 4 heteroatoms. The summed E-state index contributed by atoms with van der Waals surface area (Å²) in [6.07, 6.45) is 5.44. The molecule has 0 nitrogen and oxygen atoms in total. The fourth-order valence-electron chi connectivity index (χ4n) is 1.61. The average Bonchev–Trinajstić information content (AvgIpc) is 2.49. The van der Waals surface area contributed by atoms with E-state index in [4.69, 9.17) is 0 Å². The van der Waals surface area contributed by atoms with Crippen LogP contribution in [0.1, 0.15) is 24.0 Å². The molecule has 0 spiro atoms. The molecule has 73 valence electrons. The number of aryl methyl sites for hydroxylation is 2. The Hall–Kier alpha value is 2.42. The van der Waals surface area contributed by atoms with Gasteiger partial charge in [-0.3, -0.25) is 0 Å². The number of halogens is 3. The molecule has 0 N–H and O–H groups in total. The van der Waals surface area contributed by atoms with Crippen LogP contribution >= 0.6 is 54.1 Å². The molecule has 1 aromatic carbocycles. The van der Waals surface area contributed by atoms with E-state index in [0.29, 0.717) is 0 Å². The molecule has 2 rings (SSSR count). The topological polar surface area (TPSA) is 0 Å². The van der Waals surface area contributed by atoms with Crippen LogP contribution < -0.4 is 0 Å². The third-order valence-electron chi connectivity index (χ3n) is 2.15. The van der Waals surface area contributed by atoms with Crippen molar-refractivity contribution in [2.45, 2.75) is 25.7 Å². The van der Waals surface area contributed by atoms with Crippen molar-refractivity contribution in [1.29, 1.82) is 0 Å². The summed E-state index contributed by atoms with van der Waals surface area (Å²) in [4.78, 5) is 0. The minimum atomic E-state index is -0.633. The van der Waals surface area contributed by atoms with E-state index < -0.39 is 9.18 Å². The first-order valence-corrected chi connectivity index (χ1v) is 26.2. The number of fused-ring (bicyclic) bond motifs is 1. The Kier molecular flexibility index (Phi) is 7.94. The van der Waals surface area contributed by atoms with Gasteiger partial charge < -0.3 is 0 Å². The second kappa shape index (κ2) is 7.66. The number of hydrogen-bond donors (Lipinski definition) is 0. The minimum absolute atomic E-state index is 0.633. The first kappa shape index (κ1) is 13.5. The van der Waals surface area contributed by atoms with Gasteiger partial charge in [-0.05, 0) is 0 Å². The van der Waals surface area contributed by atoms with E-state index in [0.717, 1.165) is 0 Å². The summed E-state index contributed by atoms with van der Waals surface area (Å²) < 4.78 is 0. The van der Waals surface area contributed by atoms with Crippen LogP contribution in [0.5, 0.6) is 0 Å². The van der Waals surface area contributed by atoms with Gasteiger partial charge >= 0.3 is 63.3 Å². The summed E-state index contributed by atoms with van der Waals surface area (Å²) in [5.41, 5.74) is 3.20. The Morgan fingerprint density at radius 3 is 2.38 bits per heavy atom. The molecule has 0 amide bonds. The van der Waals surface area contributed by atoms with E-state index in [2.05, 4.69) is 72.3 Å².